The number of hydrogen-bond donors (Lipinski definition) is 2. The number of nitrogens with two attached hydrogens (primary N) is 1. The van der Waals surface area contributed by atoms with Crippen LogP contribution in [0.3, 0.4) is 0 Å². The molecule has 0 heterocycles. The van der Waals surface area contributed by atoms with E-state index >= 15 is 0 Å². The predicted octanol–water partition coefficient (Wildman–Crippen LogP) is 1.77. The highest BCUT2D eigenvalue weighted by atomic mass is 16.5. The van der Waals surface area contributed by atoms with Gasteiger partial charge in [-0.2, -0.15) is 0 Å². The standard InChI is InChI=1S/C13H20N2O3/c1-4-9(14)7-13(16)15-10-5-6-11(17-2)12(8-10)18-3/h5-6,8-9H,4,7,14H2,1-3H3,(H,15,16). The maximum Gasteiger partial charge on any atom is 0.225 e. The second-order valence-electron chi connectivity index (χ2n) is 3.99. The smallest absolute Gasteiger partial charge is 0.225 e. The van der Waals surface area contributed by atoms with Gasteiger partial charge in [-0.05, 0) is 18.6 Å². The van der Waals surface area contributed by atoms with Crippen LogP contribution in [-0.4, -0.2) is 26.2 Å². The molecule has 18 heavy (non-hydrogen) atoms. The van der Waals surface area contributed by atoms with Gasteiger partial charge in [-0.3, -0.25) is 4.79 Å². The molecule has 0 saturated heterocycles. The van der Waals surface area contributed by atoms with E-state index in [0.717, 1.165) is 6.42 Å². The number of carbonyl (C=O) groups excluding carboxylic acids is 1. The number of rotatable bonds is 6. The van der Waals surface area contributed by atoms with Gasteiger partial charge >= 0.3 is 0 Å². The van der Waals surface area contributed by atoms with Gasteiger partial charge < -0.3 is 20.5 Å². The Bertz CT molecular complexity index is 407. The number of anilines is 1. The maximum atomic E-state index is 11.7. The molecule has 100 valence electrons. The van der Waals surface area contributed by atoms with E-state index in [-0.39, 0.29) is 11.9 Å². The predicted molar refractivity (Wildman–Crippen MR) is 71.1 cm³/mol. The lowest BCUT2D eigenvalue weighted by atomic mass is 10.1. The van der Waals surface area contributed by atoms with Gasteiger partial charge in [0.25, 0.3) is 0 Å². The van der Waals surface area contributed by atoms with Gasteiger partial charge in [-0.25, -0.2) is 0 Å². The maximum absolute atomic E-state index is 11.7. The zero-order valence-electron chi connectivity index (χ0n) is 11.0. The largest absolute Gasteiger partial charge is 0.493 e. The van der Waals surface area contributed by atoms with Crippen LogP contribution >= 0.6 is 0 Å². The minimum absolute atomic E-state index is 0.100. The molecule has 0 aliphatic rings. The van der Waals surface area contributed by atoms with Crippen molar-refractivity contribution in [3.63, 3.8) is 0 Å². The Morgan fingerprint density at radius 3 is 2.56 bits per heavy atom. The quantitative estimate of drug-likeness (QED) is 0.809. The fraction of sp³-hybridized carbons (Fsp3) is 0.462. The first kappa shape index (κ1) is 14.3. The van der Waals surface area contributed by atoms with Crippen molar-refractivity contribution in [1.82, 2.24) is 0 Å². The summed E-state index contributed by atoms with van der Waals surface area (Å²) in [6.07, 6.45) is 1.09. The molecule has 0 aliphatic carbocycles. The third-order valence-electron chi connectivity index (χ3n) is 2.64. The second kappa shape index (κ2) is 6.86. The highest BCUT2D eigenvalue weighted by Crippen LogP contribution is 2.29. The van der Waals surface area contributed by atoms with Crippen LogP contribution in [-0.2, 0) is 4.79 Å². The van der Waals surface area contributed by atoms with Gasteiger partial charge in [0.2, 0.25) is 5.91 Å². The lowest BCUT2D eigenvalue weighted by molar-refractivity contribution is -0.116. The van der Waals surface area contributed by atoms with Crippen LogP contribution in [0.25, 0.3) is 0 Å². The molecule has 1 aromatic rings. The Hall–Kier alpha value is -1.75. The summed E-state index contributed by atoms with van der Waals surface area (Å²) in [6.45, 7) is 1.95. The summed E-state index contributed by atoms with van der Waals surface area (Å²) >= 11 is 0. The summed E-state index contributed by atoms with van der Waals surface area (Å²) < 4.78 is 10.3. The van der Waals surface area contributed by atoms with Gasteiger partial charge in [0.1, 0.15) is 0 Å². The van der Waals surface area contributed by atoms with Crippen LogP contribution in [0.1, 0.15) is 19.8 Å². The molecule has 5 heteroatoms. The molecule has 1 unspecified atom stereocenters. The number of hydrogen-bond acceptors (Lipinski definition) is 4. The molecule has 3 N–H and O–H groups in total. The van der Waals surface area contributed by atoms with Crippen molar-refractivity contribution in [2.24, 2.45) is 5.73 Å². The third kappa shape index (κ3) is 3.92. The average Bonchev–Trinajstić information content (AvgIpc) is 2.38. The lowest BCUT2D eigenvalue weighted by Crippen LogP contribution is -2.26. The van der Waals surface area contributed by atoms with E-state index in [4.69, 9.17) is 15.2 Å². The molecule has 0 aliphatic heterocycles. The number of methoxy groups -OCH3 is 2. The van der Waals surface area contributed by atoms with Crippen LogP contribution in [0.15, 0.2) is 18.2 Å². The van der Waals surface area contributed by atoms with Gasteiger partial charge in [0.15, 0.2) is 11.5 Å². The fourth-order valence-electron chi connectivity index (χ4n) is 1.51. The van der Waals surface area contributed by atoms with Crippen LogP contribution in [0, 0.1) is 0 Å². The monoisotopic (exact) mass is 252 g/mol. The SMILES string of the molecule is CCC(N)CC(=O)Nc1ccc(OC)c(OC)c1. The number of benzene rings is 1. The molecule has 1 rings (SSSR count). The van der Waals surface area contributed by atoms with Crippen LogP contribution < -0.4 is 20.5 Å². The van der Waals surface area contributed by atoms with E-state index in [1.54, 1.807) is 32.4 Å². The minimum Gasteiger partial charge on any atom is -0.493 e. The normalized spacial score (nSPS) is 11.8. The molecule has 0 spiro atoms. The Kier molecular flexibility index (Phi) is 5.45. The van der Waals surface area contributed by atoms with Crippen LogP contribution in [0.4, 0.5) is 5.69 Å². The minimum atomic E-state index is -0.106. The van der Waals surface area contributed by atoms with E-state index in [0.29, 0.717) is 23.6 Å². The first-order valence-corrected chi connectivity index (χ1v) is 5.88. The van der Waals surface area contributed by atoms with Crippen molar-refractivity contribution in [1.29, 1.82) is 0 Å². The molecule has 1 amide bonds. The molecule has 0 saturated carbocycles. The molecule has 0 fully saturated rings. The topological polar surface area (TPSA) is 73.6 Å². The highest BCUT2D eigenvalue weighted by molar-refractivity contribution is 5.91. The fourth-order valence-corrected chi connectivity index (χ4v) is 1.51. The average molecular weight is 252 g/mol. The molecule has 1 atom stereocenters. The zero-order valence-corrected chi connectivity index (χ0v) is 11.0. The molecule has 5 nitrogen and oxygen atoms in total. The molecule has 0 bridgehead atoms. The first-order chi connectivity index (χ1) is 8.60. The Morgan fingerprint density at radius 1 is 1.33 bits per heavy atom. The van der Waals surface area contributed by atoms with Crippen molar-refractivity contribution in [3.05, 3.63) is 18.2 Å². The summed E-state index contributed by atoms with van der Waals surface area (Å²) in [6, 6.07) is 5.12. The Labute approximate surface area is 107 Å². The van der Waals surface area contributed by atoms with E-state index in [2.05, 4.69) is 5.32 Å². The van der Waals surface area contributed by atoms with E-state index in [1.165, 1.54) is 0 Å². The molecule has 0 radical (unpaired) electrons. The van der Waals surface area contributed by atoms with Crippen LogP contribution in [0.5, 0.6) is 11.5 Å². The van der Waals surface area contributed by atoms with E-state index in [9.17, 15) is 4.79 Å². The molecular formula is C13H20N2O3. The van der Waals surface area contributed by atoms with Gasteiger partial charge in [-0.15, -0.1) is 0 Å². The third-order valence-corrected chi connectivity index (χ3v) is 2.64. The van der Waals surface area contributed by atoms with Crippen molar-refractivity contribution in [2.45, 2.75) is 25.8 Å². The number of nitrogens with one attached hydrogen (secondary N) is 1. The van der Waals surface area contributed by atoms with Gasteiger partial charge in [-0.1, -0.05) is 6.92 Å². The van der Waals surface area contributed by atoms with Crippen molar-refractivity contribution in [2.75, 3.05) is 19.5 Å². The van der Waals surface area contributed by atoms with E-state index < -0.39 is 0 Å². The molecular weight excluding hydrogens is 232 g/mol. The van der Waals surface area contributed by atoms with Crippen LogP contribution in [0.2, 0.25) is 0 Å². The highest BCUT2D eigenvalue weighted by Gasteiger charge is 2.10. The molecule has 1 aromatic carbocycles. The Morgan fingerprint density at radius 2 is 2.00 bits per heavy atom. The molecule has 0 aromatic heterocycles. The number of amides is 1. The summed E-state index contributed by atoms with van der Waals surface area (Å²) in [7, 11) is 3.12. The number of carbonyl (C=O) groups is 1. The lowest BCUT2D eigenvalue weighted by Gasteiger charge is -2.12. The summed E-state index contributed by atoms with van der Waals surface area (Å²) in [5.74, 6) is 1.10. The van der Waals surface area contributed by atoms with E-state index in [1.807, 2.05) is 6.92 Å². The number of ether oxygens (including phenoxy) is 2. The Balaban J connectivity index is 2.70. The van der Waals surface area contributed by atoms with Crippen molar-refractivity contribution >= 4 is 11.6 Å². The van der Waals surface area contributed by atoms with Gasteiger partial charge in [0.05, 0.1) is 14.2 Å². The van der Waals surface area contributed by atoms with Crippen molar-refractivity contribution in [3.8, 4) is 11.5 Å². The second-order valence-corrected chi connectivity index (χ2v) is 3.99. The zero-order chi connectivity index (χ0) is 13.5. The van der Waals surface area contributed by atoms with Crippen molar-refractivity contribution < 1.29 is 14.3 Å². The summed E-state index contributed by atoms with van der Waals surface area (Å²) in [4.78, 5) is 11.7. The summed E-state index contributed by atoms with van der Waals surface area (Å²) in [5.41, 5.74) is 6.39. The van der Waals surface area contributed by atoms with Gasteiger partial charge in [0, 0.05) is 24.2 Å². The summed E-state index contributed by atoms with van der Waals surface area (Å²) in [5, 5.41) is 2.78. The first-order valence-electron chi connectivity index (χ1n) is 5.88.